The molecular formula is C17H28O2. The SMILES string of the molecule is CCCCCC[C@@H](O)/C=C/C12C=CCC1CC(O)C2. The average Bonchev–Trinajstić information content (AvgIpc) is 2.88. The van der Waals surface area contributed by atoms with E-state index < -0.39 is 0 Å². The standard InChI is InChI=1S/C17H28O2/c1-2-3-4-5-8-15(18)9-11-17-10-6-7-14(17)12-16(19)13-17/h6,9-11,14-16,18-19H,2-5,7-8,12-13H2,1H3/b11-9+/t14?,15-,16?,17?/m1/s1. The van der Waals surface area contributed by atoms with Gasteiger partial charge in [-0.3, -0.25) is 0 Å². The fourth-order valence-corrected chi connectivity index (χ4v) is 3.60. The number of aliphatic hydroxyl groups is 2. The minimum Gasteiger partial charge on any atom is -0.393 e. The predicted molar refractivity (Wildman–Crippen MR) is 78.8 cm³/mol. The van der Waals surface area contributed by atoms with Gasteiger partial charge in [-0.2, -0.15) is 0 Å². The molecule has 0 aromatic rings. The van der Waals surface area contributed by atoms with Gasteiger partial charge < -0.3 is 10.2 Å². The number of hydrogen-bond acceptors (Lipinski definition) is 2. The Bertz CT molecular complexity index is 334. The number of hydrogen-bond donors (Lipinski definition) is 2. The maximum absolute atomic E-state index is 10.0. The van der Waals surface area contributed by atoms with Gasteiger partial charge in [-0.1, -0.05) is 56.9 Å². The zero-order valence-electron chi connectivity index (χ0n) is 12.1. The van der Waals surface area contributed by atoms with Gasteiger partial charge in [0.15, 0.2) is 0 Å². The first kappa shape index (κ1) is 14.8. The van der Waals surface area contributed by atoms with Crippen LogP contribution in [0.5, 0.6) is 0 Å². The summed E-state index contributed by atoms with van der Waals surface area (Å²) in [5.41, 5.74) is 0.0316. The molecule has 2 N–H and O–H groups in total. The Labute approximate surface area is 117 Å². The van der Waals surface area contributed by atoms with Crippen LogP contribution in [-0.4, -0.2) is 22.4 Å². The van der Waals surface area contributed by atoms with Crippen LogP contribution in [0.3, 0.4) is 0 Å². The zero-order valence-corrected chi connectivity index (χ0v) is 12.1. The Morgan fingerprint density at radius 1 is 1.37 bits per heavy atom. The first-order valence-corrected chi connectivity index (χ1v) is 7.89. The molecule has 3 unspecified atom stereocenters. The summed E-state index contributed by atoms with van der Waals surface area (Å²) in [7, 11) is 0. The van der Waals surface area contributed by atoms with Gasteiger partial charge in [0.2, 0.25) is 0 Å². The summed E-state index contributed by atoms with van der Waals surface area (Å²) in [6, 6.07) is 0. The quantitative estimate of drug-likeness (QED) is 0.545. The summed E-state index contributed by atoms with van der Waals surface area (Å²) in [6.07, 6.45) is 16.6. The van der Waals surface area contributed by atoms with Gasteiger partial charge in [-0.25, -0.2) is 0 Å². The van der Waals surface area contributed by atoms with Crippen molar-refractivity contribution in [1.29, 1.82) is 0 Å². The molecule has 1 saturated carbocycles. The second-order valence-electron chi connectivity index (χ2n) is 6.32. The van der Waals surface area contributed by atoms with Crippen LogP contribution in [0.15, 0.2) is 24.3 Å². The molecule has 1 fully saturated rings. The van der Waals surface area contributed by atoms with Crippen molar-refractivity contribution < 1.29 is 10.2 Å². The molecule has 2 aliphatic rings. The molecule has 0 spiro atoms. The number of aliphatic hydroxyl groups excluding tert-OH is 2. The lowest BCUT2D eigenvalue weighted by Gasteiger charge is -2.24. The molecule has 4 atom stereocenters. The van der Waals surface area contributed by atoms with Crippen LogP contribution in [0.25, 0.3) is 0 Å². The molecule has 0 aromatic heterocycles. The number of allylic oxidation sites excluding steroid dienone is 3. The third-order valence-electron chi connectivity index (χ3n) is 4.74. The van der Waals surface area contributed by atoms with Crippen LogP contribution in [0.2, 0.25) is 0 Å². The lowest BCUT2D eigenvalue weighted by atomic mass is 9.80. The van der Waals surface area contributed by atoms with Crippen molar-refractivity contribution in [2.75, 3.05) is 0 Å². The number of rotatable bonds is 7. The second kappa shape index (κ2) is 6.71. The maximum atomic E-state index is 10.0. The van der Waals surface area contributed by atoms with E-state index in [9.17, 15) is 10.2 Å². The van der Waals surface area contributed by atoms with Gasteiger partial charge in [0.25, 0.3) is 0 Å². The molecule has 2 nitrogen and oxygen atoms in total. The summed E-state index contributed by atoms with van der Waals surface area (Å²) in [5.74, 6) is 0.547. The maximum Gasteiger partial charge on any atom is 0.0721 e. The first-order valence-electron chi connectivity index (χ1n) is 7.89. The van der Waals surface area contributed by atoms with Crippen molar-refractivity contribution in [2.24, 2.45) is 11.3 Å². The van der Waals surface area contributed by atoms with Crippen molar-refractivity contribution >= 4 is 0 Å². The molecule has 108 valence electrons. The number of fused-ring (bicyclic) bond motifs is 1. The van der Waals surface area contributed by atoms with Crippen molar-refractivity contribution in [2.45, 2.75) is 70.5 Å². The lowest BCUT2D eigenvalue weighted by Crippen LogP contribution is -2.17. The molecule has 0 aromatic carbocycles. The molecule has 0 radical (unpaired) electrons. The van der Waals surface area contributed by atoms with Gasteiger partial charge in [-0.15, -0.1) is 0 Å². The fraction of sp³-hybridized carbons (Fsp3) is 0.765. The van der Waals surface area contributed by atoms with E-state index in [2.05, 4.69) is 25.2 Å². The van der Waals surface area contributed by atoms with Crippen LogP contribution in [0.4, 0.5) is 0 Å². The summed E-state index contributed by atoms with van der Waals surface area (Å²) < 4.78 is 0. The van der Waals surface area contributed by atoms with Crippen LogP contribution in [0.1, 0.15) is 58.3 Å². The van der Waals surface area contributed by atoms with Crippen molar-refractivity contribution in [3.05, 3.63) is 24.3 Å². The molecule has 0 bridgehead atoms. The Hall–Kier alpha value is -0.600. The molecular weight excluding hydrogens is 236 g/mol. The van der Waals surface area contributed by atoms with Crippen LogP contribution in [0, 0.1) is 11.3 Å². The highest BCUT2D eigenvalue weighted by molar-refractivity contribution is 5.24. The summed E-state index contributed by atoms with van der Waals surface area (Å²) in [6.45, 7) is 2.20. The largest absolute Gasteiger partial charge is 0.393 e. The molecule has 0 aliphatic heterocycles. The van der Waals surface area contributed by atoms with Gasteiger partial charge in [-0.05, 0) is 31.6 Å². The summed E-state index contributed by atoms with van der Waals surface area (Å²) >= 11 is 0. The smallest absolute Gasteiger partial charge is 0.0721 e. The highest BCUT2D eigenvalue weighted by Crippen LogP contribution is 2.51. The highest BCUT2D eigenvalue weighted by atomic mass is 16.3. The Kier molecular flexibility index (Phi) is 5.23. The topological polar surface area (TPSA) is 40.5 Å². The first-order chi connectivity index (χ1) is 9.16. The van der Waals surface area contributed by atoms with E-state index in [0.717, 1.165) is 32.1 Å². The van der Waals surface area contributed by atoms with Crippen molar-refractivity contribution in [3.63, 3.8) is 0 Å². The van der Waals surface area contributed by atoms with E-state index in [4.69, 9.17) is 0 Å². The molecule has 0 heterocycles. The normalized spacial score (nSPS) is 35.1. The molecule has 0 amide bonds. The number of unbranched alkanes of at least 4 members (excludes halogenated alkanes) is 3. The van der Waals surface area contributed by atoms with E-state index in [-0.39, 0.29) is 17.6 Å². The van der Waals surface area contributed by atoms with Gasteiger partial charge in [0.1, 0.15) is 0 Å². The monoisotopic (exact) mass is 264 g/mol. The molecule has 2 aliphatic carbocycles. The fourth-order valence-electron chi connectivity index (χ4n) is 3.60. The van der Waals surface area contributed by atoms with Crippen LogP contribution in [-0.2, 0) is 0 Å². The Balaban J connectivity index is 1.82. The van der Waals surface area contributed by atoms with Crippen molar-refractivity contribution in [3.8, 4) is 0 Å². The molecule has 2 heteroatoms. The third kappa shape index (κ3) is 3.70. The van der Waals surface area contributed by atoms with Gasteiger partial charge in [0, 0.05) is 5.41 Å². The summed E-state index contributed by atoms with van der Waals surface area (Å²) in [5, 5.41) is 19.9. The van der Waals surface area contributed by atoms with E-state index in [1.807, 2.05) is 6.08 Å². The molecule has 19 heavy (non-hydrogen) atoms. The van der Waals surface area contributed by atoms with Crippen LogP contribution < -0.4 is 0 Å². The van der Waals surface area contributed by atoms with Crippen LogP contribution >= 0.6 is 0 Å². The van der Waals surface area contributed by atoms with Gasteiger partial charge >= 0.3 is 0 Å². The minimum atomic E-state index is -0.321. The molecule has 2 rings (SSSR count). The van der Waals surface area contributed by atoms with Gasteiger partial charge in [0.05, 0.1) is 12.2 Å². The highest BCUT2D eigenvalue weighted by Gasteiger charge is 2.45. The lowest BCUT2D eigenvalue weighted by molar-refractivity contribution is 0.173. The summed E-state index contributed by atoms with van der Waals surface area (Å²) in [4.78, 5) is 0. The molecule has 0 saturated heterocycles. The minimum absolute atomic E-state index is 0.0316. The third-order valence-corrected chi connectivity index (χ3v) is 4.74. The second-order valence-corrected chi connectivity index (χ2v) is 6.32. The van der Waals surface area contributed by atoms with E-state index in [1.54, 1.807) is 0 Å². The van der Waals surface area contributed by atoms with E-state index in [0.29, 0.717) is 5.92 Å². The predicted octanol–water partition coefficient (Wildman–Crippen LogP) is 3.59. The Morgan fingerprint density at radius 2 is 2.21 bits per heavy atom. The Morgan fingerprint density at radius 3 is 3.00 bits per heavy atom. The average molecular weight is 264 g/mol. The van der Waals surface area contributed by atoms with Crippen molar-refractivity contribution in [1.82, 2.24) is 0 Å². The zero-order chi connectivity index (χ0) is 13.7. The van der Waals surface area contributed by atoms with E-state index in [1.165, 1.54) is 19.3 Å². The van der Waals surface area contributed by atoms with E-state index >= 15 is 0 Å².